The first-order chi connectivity index (χ1) is 16.7. The van der Waals surface area contributed by atoms with Crippen LogP contribution < -0.4 is 52.9 Å². The van der Waals surface area contributed by atoms with Crippen LogP contribution in [0.25, 0.3) is 0 Å². The summed E-state index contributed by atoms with van der Waals surface area (Å²) in [5.41, 5.74) is 4.16. The summed E-state index contributed by atoms with van der Waals surface area (Å²) in [7, 11) is 3.94. The molecular weight excluding hydrogens is 624 g/mol. The molecule has 5 rings (SSSR count). The number of halogens is 2. The molecule has 0 N–H and O–H groups in total. The molecule has 2 aromatic heterocycles. The maximum atomic E-state index is 4.36. The minimum absolute atomic E-state index is 0. The van der Waals surface area contributed by atoms with Gasteiger partial charge in [-0.1, -0.05) is 0 Å². The van der Waals surface area contributed by atoms with Gasteiger partial charge in [-0.25, -0.2) is 9.13 Å². The Morgan fingerprint density at radius 3 is 1.25 bits per heavy atom. The van der Waals surface area contributed by atoms with Gasteiger partial charge in [-0.3, -0.25) is 0 Å². The molecule has 0 atom stereocenters. The van der Waals surface area contributed by atoms with E-state index in [2.05, 4.69) is 54.5 Å². The highest BCUT2D eigenvalue weighted by molar-refractivity contribution is 7.13. The normalized spacial score (nSPS) is 13.7. The summed E-state index contributed by atoms with van der Waals surface area (Å²) >= 11 is 3.15. The summed E-state index contributed by atoms with van der Waals surface area (Å²) < 4.78 is 3.93. The Kier molecular flexibility index (Phi) is 10.2. The van der Waals surface area contributed by atoms with Crippen LogP contribution in [-0.4, -0.2) is 26.2 Å². The zero-order valence-electron chi connectivity index (χ0n) is 19.9. The lowest BCUT2D eigenvalue weighted by molar-refractivity contribution is -0.654. The Bertz CT molecular complexity index is 1190. The predicted octanol–water partition coefficient (Wildman–Crippen LogP) is -0.376. The number of piperazine rings is 1. The molecule has 4 aromatic rings. The van der Waals surface area contributed by atoms with E-state index in [0.717, 1.165) is 47.8 Å². The lowest BCUT2D eigenvalue weighted by Crippen LogP contribution is -3.00. The Morgan fingerprint density at radius 2 is 0.944 bits per heavy atom. The van der Waals surface area contributed by atoms with Crippen LogP contribution in [0.3, 0.4) is 0 Å². The first-order valence-corrected chi connectivity index (χ1v) is 12.8. The summed E-state index contributed by atoms with van der Waals surface area (Å²) in [4.78, 5) is 4.83. The van der Waals surface area contributed by atoms with E-state index >= 15 is 0 Å². The Morgan fingerprint density at radius 1 is 0.583 bits per heavy atom. The number of nitrogens with zero attached hydrogens (tertiary/aromatic N) is 8. The van der Waals surface area contributed by atoms with Gasteiger partial charge in [0.1, 0.15) is 23.8 Å². The third-order valence-corrected chi connectivity index (χ3v) is 7.41. The highest BCUT2D eigenvalue weighted by Crippen LogP contribution is 2.26. The molecule has 0 radical (unpaired) electrons. The molecule has 12 heteroatoms. The van der Waals surface area contributed by atoms with E-state index in [4.69, 9.17) is 0 Å². The minimum Gasteiger partial charge on any atom is -1.00 e. The first kappa shape index (κ1) is 28.0. The molecule has 0 spiro atoms. The van der Waals surface area contributed by atoms with E-state index in [9.17, 15) is 0 Å². The molecule has 2 aromatic carbocycles. The second kappa shape index (κ2) is 13.1. The van der Waals surface area contributed by atoms with Gasteiger partial charge >= 0.3 is 10.3 Å². The monoisotopic (exact) mass is 648 g/mol. The van der Waals surface area contributed by atoms with E-state index in [1.165, 1.54) is 11.4 Å². The fraction of sp³-hybridized carbons (Fsp3) is 0.250. The van der Waals surface area contributed by atoms with Gasteiger partial charge < -0.3 is 43.8 Å². The molecule has 0 unspecified atom stereocenters. The smallest absolute Gasteiger partial charge is 0.408 e. The molecule has 3 heterocycles. The van der Waals surface area contributed by atoms with E-state index in [1.54, 1.807) is 22.7 Å². The van der Waals surface area contributed by atoms with Crippen molar-refractivity contribution >= 4 is 55.7 Å². The summed E-state index contributed by atoms with van der Waals surface area (Å²) in [5.74, 6) is 0. The van der Waals surface area contributed by atoms with Crippen molar-refractivity contribution in [2.75, 3.05) is 36.0 Å². The molecule has 0 amide bonds. The summed E-state index contributed by atoms with van der Waals surface area (Å²) in [6.07, 6.45) is 3.96. The summed E-state index contributed by atoms with van der Waals surface area (Å²) in [5, 5.41) is 23.1. The van der Waals surface area contributed by atoms with E-state index in [1.807, 2.05) is 70.6 Å². The van der Waals surface area contributed by atoms with Gasteiger partial charge in [0.15, 0.2) is 0 Å². The number of aryl methyl sites for hydroxylation is 2. The zero-order valence-corrected chi connectivity index (χ0v) is 24.7. The first-order valence-electron chi connectivity index (χ1n) is 11.1. The molecule has 1 fully saturated rings. The van der Waals surface area contributed by atoms with Gasteiger partial charge in [-0.05, 0) is 81.4 Å². The molecule has 1 aliphatic heterocycles. The number of anilines is 2. The quantitative estimate of drug-likeness (QED) is 0.211. The van der Waals surface area contributed by atoms with Crippen LogP contribution in [-0.2, 0) is 14.1 Å². The number of azo groups is 2. The topological polar surface area (TPSA) is 63.7 Å². The van der Waals surface area contributed by atoms with Crippen molar-refractivity contribution in [3.63, 3.8) is 0 Å². The molecule has 1 aliphatic rings. The third kappa shape index (κ3) is 6.81. The molecule has 188 valence electrons. The molecule has 0 aliphatic carbocycles. The van der Waals surface area contributed by atoms with Crippen molar-refractivity contribution in [3.8, 4) is 0 Å². The van der Waals surface area contributed by atoms with Gasteiger partial charge in [0.25, 0.3) is 0 Å². The van der Waals surface area contributed by atoms with Crippen molar-refractivity contribution < 1.29 is 43.1 Å². The number of aromatic nitrogens is 2. The SMILES string of the molecule is C[n+]1ccsc1/N=N/c1ccc(N2CCN(c3ccc(/N=N/c4scc[n+]4C)cc3)CC2)cc1.[Br-].[Br-]. The van der Waals surface area contributed by atoms with E-state index < -0.39 is 0 Å². The fourth-order valence-electron chi connectivity index (χ4n) is 3.73. The van der Waals surface area contributed by atoms with Gasteiger partial charge in [0.05, 0.1) is 24.3 Å². The fourth-order valence-corrected chi connectivity index (χ4v) is 5.09. The predicted molar refractivity (Wildman–Crippen MR) is 137 cm³/mol. The maximum Gasteiger partial charge on any atom is 0.408 e. The number of rotatable bonds is 6. The van der Waals surface area contributed by atoms with Crippen LogP contribution in [0, 0.1) is 0 Å². The van der Waals surface area contributed by atoms with Crippen molar-refractivity contribution in [2.24, 2.45) is 34.6 Å². The van der Waals surface area contributed by atoms with Gasteiger partial charge in [-0.15, -0.1) is 0 Å². The third-order valence-electron chi connectivity index (χ3n) is 5.73. The van der Waals surface area contributed by atoms with Crippen LogP contribution in [0.4, 0.5) is 33.0 Å². The molecule has 0 saturated carbocycles. The van der Waals surface area contributed by atoms with Crippen molar-refractivity contribution in [2.45, 2.75) is 0 Å². The van der Waals surface area contributed by atoms with E-state index in [-0.39, 0.29) is 34.0 Å². The summed E-state index contributed by atoms with van der Waals surface area (Å²) in [6, 6.07) is 16.6. The standard InChI is InChI=1S/C24H26N8S2.2BrH/c1-29-15-17-33-23(29)27-25-19-3-7-21(8-4-19)31-11-13-32(14-12-31)22-9-5-20(6-10-22)26-28-24-30(2)16-18-34-24;;/h3-10,15-18H,11-14H2,1-2H3;2*1H/q+2;;/p-2. The highest BCUT2D eigenvalue weighted by Gasteiger charge is 2.18. The van der Waals surface area contributed by atoms with Crippen LogP contribution in [0.5, 0.6) is 0 Å². The minimum atomic E-state index is 0. The van der Waals surface area contributed by atoms with Crippen LogP contribution >= 0.6 is 22.7 Å². The highest BCUT2D eigenvalue weighted by atomic mass is 79.9. The number of benzene rings is 2. The molecular formula is C24H26Br2N8S2. The summed E-state index contributed by atoms with van der Waals surface area (Å²) in [6.45, 7) is 3.90. The zero-order chi connectivity index (χ0) is 23.3. The lowest BCUT2D eigenvalue weighted by Gasteiger charge is -2.37. The maximum absolute atomic E-state index is 4.36. The Hall–Kier alpha value is -2.54. The van der Waals surface area contributed by atoms with Gasteiger partial charge in [0.2, 0.25) is 0 Å². The Balaban J connectivity index is 0.00000180. The van der Waals surface area contributed by atoms with Crippen molar-refractivity contribution in [1.29, 1.82) is 0 Å². The number of hydrogen-bond donors (Lipinski definition) is 0. The molecule has 36 heavy (non-hydrogen) atoms. The molecule has 0 bridgehead atoms. The Labute approximate surface area is 239 Å². The average Bonchev–Trinajstić information content (AvgIpc) is 3.49. The number of thiazole rings is 2. The van der Waals surface area contributed by atoms with Crippen LogP contribution in [0.2, 0.25) is 0 Å². The van der Waals surface area contributed by atoms with Crippen molar-refractivity contribution in [1.82, 2.24) is 0 Å². The van der Waals surface area contributed by atoms with Crippen LogP contribution in [0.15, 0.2) is 92.1 Å². The van der Waals surface area contributed by atoms with E-state index in [0.29, 0.717) is 0 Å². The second-order valence-corrected chi connectivity index (χ2v) is 9.75. The number of hydrogen-bond acceptors (Lipinski definition) is 8. The van der Waals surface area contributed by atoms with Gasteiger partial charge in [0, 0.05) is 48.3 Å². The average molecular weight is 650 g/mol. The van der Waals surface area contributed by atoms with Gasteiger partial charge in [-0.2, -0.15) is 0 Å². The van der Waals surface area contributed by atoms with Crippen molar-refractivity contribution in [3.05, 3.63) is 71.7 Å². The molecule has 8 nitrogen and oxygen atoms in total. The largest absolute Gasteiger partial charge is 1.00 e. The van der Waals surface area contributed by atoms with Crippen LogP contribution in [0.1, 0.15) is 0 Å². The second-order valence-electron chi connectivity index (χ2n) is 8.00. The molecule has 1 saturated heterocycles. The lowest BCUT2D eigenvalue weighted by atomic mass is 10.2.